The zero-order valence-corrected chi connectivity index (χ0v) is 9.80. The molecule has 0 aromatic carbocycles. The van der Waals surface area contributed by atoms with E-state index in [2.05, 4.69) is 10.4 Å². The molecule has 1 aliphatic carbocycles. The van der Waals surface area contributed by atoms with Gasteiger partial charge in [0.15, 0.2) is 0 Å². The smallest absolute Gasteiger partial charge is 0.306 e. The summed E-state index contributed by atoms with van der Waals surface area (Å²) in [5.74, 6) is -1.27. The number of carbonyl (C=O) groups excluding carboxylic acids is 1. The van der Waals surface area contributed by atoms with Gasteiger partial charge in [-0.25, -0.2) is 0 Å². The number of hydrogen-bond donors (Lipinski definition) is 2. The summed E-state index contributed by atoms with van der Waals surface area (Å²) in [6.45, 7) is 1.82. The Kier molecular flexibility index (Phi) is 2.87. The van der Waals surface area contributed by atoms with E-state index in [1.807, 2.05) is 6.92 Å². The van der Waals surface area contributed by atoms with Gasteiger partial charge in [-0.3, -0.25) is 14.3 Å². The van der Waals surface area contributed by atoms with Crippen LogP contribution in [0.4, 0.5) is 0 Å². The van der Waals surface area contributed by atoms with E-state index in [-0.39, 0.29) is 17.9 Å². The molecule has 2 N–H and O–H groups in total. The lowest BCUT2D eigenvalue weighted by atomic mass is 9.80. The standard InChI is InChI=1S/C11H15N3O3/c1-6-9(5-12-14(6)2)10(15)13-8-3-7(4-8)11(16)17/h5,7-8H,3-4H2,1-2H3,(H,13,15)(H,16,17). The molecule has 0 saturated heterocycles. The summed E-state index contributed by atoms with van der Waals surface area (Å²) < 4.78 is 1.63. The van der Waals surface area contributed by atoms with Gasteiger partial charge in [-0.2, -0.15) is 5.10 Å². The van der Waals surface area contributed by atoms with Gasteiger partial charge in [-0.05, 0) is 19.8 Å². The van der Waals surface area contributed by atoms with Gasteiger partial charge in [0.1, 0.15) is 0 Å². The van der Waals surface area contributed by atoms with Gasteiger partial charge in [0, 0.05) is 18.8 Å². The first-order valence-corrected chi connectivity index (χ1v) is 5.51. The molecule has 1 saturated carbocycles. The van der Waals surface area contributed by atoms with Crippen molar-refractivity contribution in [1.29, 1.82) is 0 Å². The Bertz CT molecular complexity index is 461. The third kappa shape index (κ3) is 2.15. The number of hydrogen-bond acceptors (Lipinski definition) is 3. The van der Waals surface area contributed by atoms with Gasteiger partial charge in [-0.15, -0.1) is 0 Å². The van der Waals surface area contributed by atoms with Gasteiger partial charge in [0.25, 0.3) is 5.91 Å². The number of amides is 1. The van der Waals surface area contributed by atoms with E-state index in [9.17, 15) is 9.59 Å². The van der Waals surface area contributed by atoms with Gasteiger partial charge in [0.05, 0.1) is 17.7 Å². The van der Waals surface area contributed by atoms with Gasteiger partial charge < -0.3 is 10.4 Å². The molecular weight excluding hydrogens is 222 g/mol. The highest BCUT2D eigenvalue weighted by Gasteiger charge is 2.35. The third-order valence-corrected chi connectivity index (χ3v) is 3.30. The minimum absolute atomic E-state index is 0.0248. The molecule has 6 heteroatoms. The normalized spacial score (nSPS) is 22.9. The number of nitrogens with zero attached hydrogens (tertiary/aromatic N) is 2. The van der Waals surface area contributed by atoms with Crippen molar-refractivity contribution in [1.82, 2.24) is 15.1 Å². The summed E-state index contributed by atoms with van der Waals surface area (Å²) in [7, 11) is 1.77. The lowest BCUT2D eigenvalue weighted by molar-refractivity contribution is -0.145. The molecule has 0 unspecified atom stereocenters. The van der Waals surface area contributed by atoms with Crippen molar-refractivity contribution in [2.75, 3.05) is 0 Å². The highest BCUT2D eigenvalue weighted by atomic mass is 16.4. The highest BCUT2D eigenvalue weighted by Crippen LogP contribution is 2.27. The lowest BCUT2D eigenvalue weighted by Crippen LogP contribution is -2.46. The molecule has 1 aliphatic rings. The summed E-state index contributed by atoms with van der Waals surface area (Å²) in [5, 5.41) is 15.5. The SMILES string of the molecule is Cc1c(C(=O)NC2CC(C(=O)O)C2)cnn1C. The Hall–Kier alpha value is -1.85. The van der Waals surface area contributed by atoms with Crippen molar-refractivity contribution < 1.29 is 14.7 Å². The van der Waals surface area contributed by atoms with Crippen LogP contribution >= 0.6 is 0 Å². The molecule has 0 atom stereocenters. The predicted octanol–water partition coefficient (Wildman–Crippen LogP) is 0.322. The second-order valence-electron chi connectivity index (χ2n) is 4.44. The maximum atomic E-state index is 11.8. The second-order valence-corrected chi connectivity index (χ2v) is 4.44. The van der Waals surface area contributed by atoms with Crippen molar-refractivity contribution in [3.8, 4) is 0 Å². The molecular formula is C11H15N3O3. The van der Waals surface area contributed by atoms with Gasteiger partial charge in [0.2, 0.25) is 0 Å². The van der Waals surface area contributed by atoms with E-state index in [0.717, 1.165) is 5.69 Å². The van der Waals surface area contributed by atoms with Crippen LogP contribution in [0, 0.1) is 12.8 Å². The van der Waals surface area contributed by atoms with Crippen LogP contribution in [0.3, 0.4) is 0 Å². The maximum absolute atomic E-state index is 11.8. The van der Waals surface area contributed by atoms with Crippen LogP contribution < -0.4 is 5.32 Å². The van der Waals surface area contributed by atoms with Crippen LogP contribution in [-0.2, 0) is 11.8 Å². The first-order chi connectivity index (χ1) is 7.99. The molecule has 0 radical (unpaired) electrons. The number of carboxylic acid groups (broad SMARTS) is 1. The summed E-state index contributed by atoms with van der Waals surface area (Å²) in [5.41, 5.74) is 1.35. The van der Waals surface area contributed by atoms with E-state index in [1.54, 1.807) is 11.7 Å². The molecule has 0 aliphatic heterocycles. The maximum Gasteiger partial charge on any atom is 0.306 e. The van der Waals surface area contributed by atoms with Crippen LogP contribution in [0.5, 0.6) is 0 Å². The number of rotatable bonds is 3. The minimum Gasteiger partial charge on any atom is -0.481 e. The molecule has 1 aromatic rings. The van der Waals surface area contributed by atoms with Crippen molar-refractivity contribution in [2.24, 2.45) is 13.0 Å². The summed E-state index contributed by atoms with van der Waals surface area (Å²) in [6.07, 6.45) is 2.55. The molecule has 92 valence electrons. The fraction of sp³-hybridized carbons (Fsp3) is 0.545. The molecule has 1 aromatic heterocycles. The summed E-state index contributed by atoms with van der Waals surface area (Å²) in [4.78, 5) is 22.5. The first-order valence-electron chi connectivity index (χ1n) is 5.51. The summed E-state index contributed by atoms with van der Waals surface area (Å²) >= 11 is 0. The molecule has 0 spiro atoms. The van der Waals surface area contributed by atoms with E-state index in [1.165, 1.54) is 6.20 Å². The van der Waals surface area contributed by atoms with Crippen molar-refractivity contribution in [3.05, 3.63) is 17.5 Å². The first kappa shape index (κ1) is 11.6. The molecule has 17 heavy (non-hydrogen) atoms. The average molecular weight is 237 g/mol. The van der Waals surface area contributed by atoms with E-state index < -0.39 is 5.97 Å². The zero-order chi connectivity index (χ0) is 12.6. The lowest BCUT2D eigenvalue weighted by Gasteiger charge is -2.32. The number of aliphatic carboxylic acids is 1. The van der Waals surface area contributed by atoms with Crippen LogP contribution in [0.15, 0.2) is 6.20 Å². The molecule has 0 bridgehead atoms. The fourth-order valence-electron chi connectivity index (χ4n) is 1.92. The quantitative estimate of drug-likeness (QED) is 0.793. The Morgan fingerprint density at radius 1 is 1.53 bits per heavy atom. The van der Waals surface area contributed by atoms with Crippen LogP contribution in [0.25, 0.3) is 0 Å². The number of aromatic nitrogens is 2. The monoisotopic (exact) mass is 237 g/mol. The molecule has 1 heterocycles. The van der Waals surface area contributed by atoms with E-state index >= 15 is 0 Å². The average Bonchev–Trinajstić information content (AvgIpc) is 2.52. The third-order valence-electron chi connectivity index (χ3n) is 3.30. The number of nitrogens with one attached hydrogen (secondary N) is 1. The predicted molar refractivity (Wildman–Crippen MR) is 59.6 cm³/mol. The van der Waals surface area contributed by atoms with Crippen LogP contribution in [0.1, 0.15) is 28.9 Å². The Labute approximate surface area is 98.6 Å². The van der Waals surface area contributed by atoms with Crippen molar-refractivity contribution >= 4 is 11.9 Å². The Morgan fingerprint density at radius 2 is 2.18 bits per heavy atom. The molecule has 2 rings (SSSR count). The minimum atomic E-state index is -0.784. The largest absolute Gasteiger partial charge is 0.481 e. The van der Waals surface area contributed by atoms with Crippen molar-refractivity contribution in [2.45, 2.75) is 25.8 Å². The Morgan fingerprint density at radius 3 is 2.65 bits per heavy atom. The zero-order valence-electron chi connectivity index (χ0n) is 9.80. The molecule has 1 fully saturated rings. The number of carboxylic acids is 1. The van der Waals surface area contributed by atoms with E-state index in [4.69, 9.17) is 5.11 Å². The number of aryl methyl sites for hydroxylation is 1. The van der Waals surface area contributed by atoms with Gasteiger partial charge >= 0.3 is 5.97 Å². The second kappa shape index (κ2) is 4.20. The van der Waals surface area contributed by atoms with Crippen molar-refractivity contribution in [3.63, 3.8) is 0 Å². The fourth-order valence-corrected chi connectivity index (χ4v) is 1.92. The topological polar surface area (TPSA) is 84.2 Å². The molecule has 6 nitrogen and oxygen atoms in total. The molecule has 1 amide bonds. The van der Waals surface area contributed by atoms with Crippen LogP contribution in [-0.4, -0.2) is 32.8 Å². The van der Waals surface area contributed by atoms with E-state index in [0.29, 0.717) is 18.4 Å². The summed E-state index contributed by atoms with van der Waals surface area (Å²) in [6, 6.07) is -0.0248. The highest BCUT2D eigenvalue weighted by molar-refractivity contribution is 5.95. The van der Waals surface area contributed by atoms with Gasteiger partial charge in [-0.1, -0.05) is 0 Å². The Balaban J connectivity index is 1.91. The van der Waals surface area contributed by atoms with Crippen LogP contribution in [0.2, 0.25) is 0 Å². The number of carbonyl (C=O) groups is 2.